The summed E-state index contributed by atoms with van der Waals surface area (Å²) >= 11 is 6.26. The van der Waals surface area contributed by atoms with Gasteiger partial charge in [0.25, 0.3) is 0 Å². The fourth-order valence-corrected chi connectivity index (χ4v) is 4.19. The maximum Gasteiger partial charge on any atom is 0.123 e. The van der Waals surface area contributed by atoms with Crippen LogP contribution >= 0.6 is 11.6 Å². The molecule has 0 unspecified atom stereocenters. The van der Waals surface area contributed by atoms with Crippen molar-refractivity contribution in [2.24, 2.45) is 0 Å². The second-order valence-electron chi connectivity index (χ2n) is 7.65. The molecule has 4 rings (SSSR count). The molecule has 0 spiro atoms. The molecular weight excluding hydrogens is 394 g/mol. The molecule has 0 heterocycles. The minimum Gasteiger partial charge on any atom is -0.508 e. The van der Waals surface area contributed by atoms with Crippen LogP contribution in [0.25, 0.3) is 10.8 Å². The van der Waals surface area contributed by atoms with Crippen LogP contribution in [-0.4, -0.2) is 15.1 Å². The van der Waals surface area contributed by atoms with E-state index in [2.05, 4.69) is 17.0 Å². The molecule has 0 atom stereocenters. The van der Waals surface area contributed by atoms with Gasteiger partial charge in [-0.15, -0.1) is 0 Å². The molecule has 0 aliphatic carbocycles. The van der Waals surface area contributed by atoms with E-state index in [1.807, 2.05) is 61.5 Å². The highest BCUT2D eigenvalue weighted by Gasteiger charge is 2.16. The van der Waals surface area contributed by atoms with Crippen molar-refractivity contribution in [3.63, 3.8) is 0 Å². The van der Waals surface area contributed by atoms with Gasteiger partial charge in [0.2, 0.25) is 0 Å². The molecule has 4 aromatic carbocycles. The Morgan fingerprint density at radius 2 is 1.53 bits per heavy atom. The van der Waals surface area contributed by atoms with Gasteiger partial charge in [-0.2, -0.15) is 0 Å². The van der Waals surface area contributed by atoms with Gasteiger partial charge in [-0.1, -0.05) is 72.3 Å². The monoisotopic (exact) mass is 417 g/mol. The lowest BCUT2D eigenvalue weighted by atomic mass is 10.0. The molecule has 4 heteroatoms. The van der Waals surface area contributed by atoms with Crippen LogP contribution in [-0.2, 0) is 19.6 Å². The third kappa shape index (κ3) is 4.43. The van der Waals surface area contributed by atoms with Crippen molar-refractivity contribution < 1.29 is 10.2 Å². The molecule has 30 heavy (non-hydrogen) atoms. The zero-order valence-electron chi connectivity index (χ0n) is 16.8. The molecule has 0 bridgehead atoms. The maximum atomic E-state index is 10.6. The summed E-state index contributed by atoms with van der Waals surface area (Å²) in [5, 5.41) is 24.0. The van der Waals surface area contributed by atoms with E-state index in [0.717, 1.165) is 33.0 Å². The number of nitrogens with zero attached hydrogens (tertiary/aromatic N) is 1. The number of benzene rings is 4. The van der Waals surface area contributed by atoms with E-state index in [9.17, 15) is 10.2 Å². The Morgan fingerprint density at radius 1 is 0.800 bits per heavy atom. The van der Waals surface area contributed by atoms with Gasteiger partial charge in [0.1, 0.15) is 11.5 Å². The second kappa shape index (κ2) is 8.78. The van der Waals surface area contributed by atoms with Gasteiger partial charge in [0.05, 0.1) is 0 Å². The first-order valence-electron chi connectivity index (χ1n) is 9.95. The molecule has 0 aliphatic heterocycles. The summed E-state index contributed by atoms with van der Waals surface area (Å²) < 4.78 is 0. The van der Waals surface area contributed by atoms with Crippen LogP contribution in [0.2, 0.25) is 5.02 Å². The molecule has 0 saturated heterocycles. The van der Waals surface area contributed by atoms with Gasteiger partial charge < -0.3 is 10.2 Å². The number of phenolic OH excluding ortho intramolecular Hbond substituents is 2. The number of halogens is 1. The Balaban J connectivity index is 1.72. The smallest absolute Gasteiger partial charge is 0.123 e. The Morgan fingerprint density at radius 3 is 2.33 bits per heavy atom. The van der Waals surface area contributed by atoms with E-state index in [1.165, 1.54) is 0 Å². The molecule has 152 valence electrons. The van der Waals surface area contributed by atoms with Crippen LogP contribution in [0.4, 0.5) is 0 Å². The Hall–Kier alpha value is -3.01. The van der Waals surface area contributed by atoms with Gasteiger partial charge in [-0.05, 0) is 47.0 Å². The Labute approximate surface area is 181 Å². The highest BCUT2D eigenvalue weighted by molar-refractivity contribution is 6.30. The lowest BCUT2D eigenvalue weighted by Gasteiger charge is -2.25. The van der Waals surface area contributed by atoms with Gasteiger partial charge in [0.15, 0.2) is 0 Å². The van der Waals surface area contributed by atoms with Crippen molar-refractivity contribution in [1.82, 2.24) is 4.90 Å². The number of aromatic hydroxyl groups is 2. The van der Waals surface area contributed by atoms with E-state index < -0.39 is 0 Å². The molecule has 0 aromatic heterocycles. The average Bonchev–Trinajstić information content (AvgIpc) is 2.74. The number of phenols is 2. The quantitative estimate of drug-likeness (QED) is 0.380. The fraction of sp³-hybridized carbons (Fsp3) is 0.154. The minimum absolute atomic E-state index is 0.264. The third-order valence-corrected chi connectivity index (χ3v) is 5.60. The van der Waals surface area contributed by atoms with E-state index in [0.29, 0.717) is 24.7 Å². The summed E-state index contributed by atoms with van der Waals surface area (Å²) in [6.45, 7) is 3.56. The number of aryl methyl sites for hydroxylation is 1. The lowest BCUT2D eigenvalue weighted by Crippen LogP contribution is -2.23. The molecule has 4 aromatic rings. The van der Waals surface area contributed by atoms with Crippen LogP contribution in [0.1, 0.15) is 22.3 Å². The Bertz CT molecular complexity index is 1170. The molecule has 0 aliphatic rings. The summed E-state index contributed by atoms with van der Waals surface area (Å²) in [6.07, 6.45) is 0. The highest BCUT2D eigenvalue weighted by Crippen LogP contribution is 2.32. The van der Waals surface area contributed by atoms with E-state index in [4.69, 9.17) is 11.6 Å². The first-order chi connectivity index (χ1) is 14.5. The van der Waals surface area contributed by atoms with E-state index in [-0.39, 0.29) is 11.5 Å². The van der Waals surface area contributed by atoms with E-state index in [1.54, 1.807) is 12.1 Å². The number of hydrogen-bond donors (Lipinski definition) is 2. The predicted molar refractivity (Wildman–Crippen MR) is 123 cm³/mol. The summed E-state index contributed by atoms with van der Waals surface area (Å²) in [7, 11) is 0. The number of rotatable bonds is 6. The average molecular weight is 418 g/mol. The third-order valence-electron chi connectivity index (χ3n) is 5.38. The van der Waals surface area contributed by atoms with Crippen LogP contribution in [0.15, 0.2) is 78.9 Å². The minimum atomic E-state index is 0.264. The zero-order valence-corrected chi connectivity index (χ0v) is 17.6. The Kier molecular flexibility index (Phi) is 5.93. The van der Waals surface area contributed by atoms with Crippen molar-refractivity contribution >= 4 is 22.4 Å². The summed E-state index contributed by atoms with van der Waals surface area (Å²) in [4.78, 5) is 2.21. The maximum absolute atomic E-state index is 10.6. The van der Waals surface area contributed by atoms with Crippen molar-refractivity contribution in [1.29, 1.82) is 0 Å². The summed E-state index contributed by atoms with van der Waals surface area (Å²) in [6, 6.07) is 25.5. The molecule has 0 radical (unpaired) electrons. The molecule has 0 amide bonds. The summed E-state index contributed by atoms with van der Waals surface area (Å²) in [5.74, 6) is 0.540. The van der Waals surface area contributed by atoms with Crippen molar-refractivity contribution in [2.45, 2.75) is 26.6 Å². The van der Waals surface area contributed by atoms with Crippen LogP contribution in [0.3, 0.4) is 0 Å². The standard InChI is InChI=1S/C26H24ClNO2/c1-18-13-22(27)14-21(26(18)30)16-28(15-19-7-3-2-4-8-19)17-24-23-10-6-5-9-20(23)11-12-25(24)29/h2-14,29-30H,15-17H2,1H3. The predicted octanol–water partition coefficient (Wildman–Crippen LogP) is 6.42. The number of hydrogen-bond acceptors (Lipinski definition) is 3. The van der Waals surface area contributed by atoms with Gasteiger partial charge in [-0.25, -0.2) is 0 Å². The summed E-state index contributed by atoms with van der Waals surface area (Å²) in [5.41, 5.74) is 3.57. The second-order valence-corrected chi connectivity index (χ2v) is 8.08. The van der Waals surface area contributed by atoms with Crippen molar-refractivity contribution in [2.75, 3.05) is 0 Å². The van der Waals surface area contributed by atoms with Gasteiger partial charge in [-0.3, -0.25) is 4.90 Å². The molecule has 0 fully saturated rings. The number of fused-ring (bicyclic) bond motifs is 1. The van der Waals surface area contributed by atoms with Gasteiger partial charge in [0, 0.05) is 35.8 Å². The van der Waals surface area contributed by atoms with Crippen LogP contribution in [0, 0.1) is 6.92 Å². The van der Waals surface area contributed by atoms with Crippen molar-refractivity contribution in [3.05, 3.63) is 106 Å². The molecule has 3 nitrogen and oxygen atoms in total. The van der Waals surface area contributed by atoms with Crippen molar-refractivity contribution in [3.8, 4) is 11.5 Å². The molecule has 0 saturated carbocycles. The zero-order chi connectivity index (χ0) is 21.1. The van der Waals surface area contributed by atoms with Crippen LogP contribution in [0.5, 0.6) is 11.5 Å². The molecule has 2 N–H and O–H groups in total. The topological polar surface area (TPSA) is 43.7 Å². The fourth-order valence-electron chi connectivity index (χ4n) is 3.89. The SMILES string of the molecule is Cc1cc(Cl)cc(CN(Cc2ccccc2)Cc2c(O)ccc3ccccc23)c1O. The first kappa shape index (κ1) is 20.3. The van der Waals surface area contributed by atoms with Crippen LogP contribution < -0.4 is 0 Å². The normalized spacial score (nSPS) is 11.3. The van der Waals surface area contributed by atoms with Gasteiger partial charge >= 0.3 is 0 Å². The molecular formula is C26H24ClNO2. The highest BCUT2D eigenvalue weighted by atomic mass is 35.5. The lowest BCUT2D eigenvalue weighted by molar-refractivity contribution is 0.242. The largest absolute Gasteiger partial charge is 0.508 e. The first-order valence-corrected chi connectivity index (χ1v) is 10.3. The van der Waals surface area contributed by atoms with E-state index >= 15 is 0 Å².